The van der Waals surface area contributed by atoms with Gasteiger partial charge in [-0.25, -0.2) is 0 Å². The monoisotopic (exact) mass is 200 g/mol. The van der Waals surface area contributed by atoms with Gasteiger partial charge in [-0.2, -0.15) is 5.10 Å². The van der Waals surface area contributed by atoms with Crippen LogP contribution >= 0.6 is 11.6 Å². The predicted octanol–water partition coefficient (Wildman–Crippen LogP) is 2.39. The van der Waals surface area contributed by atoms with E-state index in [2.05, 4.69) is 10.2 Å². The first-order valence-electron chi connectivity index (χ1n) is 4.09. The number of hydrogen-bond acceptors (Lipinski definition) is 2. The standard InChI is InChI=1S/C9H13ClN2O/c1-5-6(9(2,3)4)7(8(10)13)12-11-5/h1-4H3,(H,11,12). The molecule has 1 rings (SSSR count). The molecule has 0 aromatic carbocycles. The molecule has 1 aromatic heterocycles. The summed E-state index contributed by atoms with van der Waals surface area (Å²) in [4.78, 5) is 11.0. The van der Waals surface area contributed by atoms with Crippen LogP contribution in [0.3, 0.4) is 0 Å². The molecule has 0 atom stereocenters. The summed E-state index contributed by atoms with van der Waals surface area (Å²) in [6, 6.07) is 0. The van der Waals surface area contributed by atoms with Crippen LogP contribution in [0.25, 0.3) is 0 Å². The van der Waals surface area contributed by atoms with Gasteiger partial charge in [0.05, 0.1) is 5.69 Å². The van der Waals surface area contributed by atoms with Gasteiger partial charge in [0.1, 0.15) is 5.69 Å². The van der Waals surface area contributed by atoms with Gasteiger partial charge in [0.25, 0.3) is 5.24 Å². The molecule has 0 aliphatic heterocycles. The molecule has 0 fully saturated rings. The van der Waals surface area contributed by atoms with E-state index in [9.17, 15) is 4.79 Å². The molecule has 1 N–H and O–H groups in total. The molecular formula is C9H13ClN2O. The number of nitrogens with one attached hydrogen (secondary N) is 1. The lowest BCUT2D eigenvalue weighted by atomic mass is 9.85. The summed E-state index contributed by atoms with van der Waals surface area (Å²) in [7, 11) is 0. The van der Waals surface area contributed by atoms with E-state index in [1.54, 1.807) is 0 Å². The fourth-order valence-corrected chi connectivity index (χ4v) is 1.63. The molecule has 0 aliphatic carbocycles. The van der Waals surface area contributed by atoms with Gasteiger partial charge in [-0.05, 0) is 23.9 Å². The first kappa shape index (κ1) is 10.3. The van der Waals surface area contributed by atoms with Gasteiger partial charge in [-0.1, -0.05) is 20.8 Å². The van der Waals surface area contributed by atoms with E-state index in [4.69, 9.17) is 11.6 Å². The van der Waals surface area contributed by atoms with Crippen molar-refractivity contribution in [1.82, 2.24) is 10.2 Å². The molecule has 13 heavy (non-hydrogen) atoms. The maximum atomic E-state index is 11.0. The Kier molecular flexibility index (Phi) is 2.48. The molecule has 0 saturated heterocycles. The third kappa shape index (κ3) is 1.91. The number of aromatic amines is 1. The number of rotatable bonds is 1. The summed E-state index contributed by atoms with van der Waals surface area (Å²) < 4.78 is 0. The average molecular weight is 201 g/mol. The molecule has 0 amide bonds. The Morgan fingerprint density at radius 1 is 1.46 bits per heavy atom. The van der Waals surface area contributed by atoms with Crippen molar-refractivity contribution in [3.63, 3.8) is 0 Å². The molecule has 0 radical (unpaired) electrons. The fourth-order valence-electron chi connectivity index (χ4n) is 1.49. The number of nitrogens with zero attached hydrogens (tertiary/aromatic N) is 1. The van der Waals surface area contributed by atoms with Crippen LogP contribution in [-0.2, 0) is 5.41 Å². The average Bonchev–Trinajstić information content (AvgIpc) is 2.28. The van der Waals surface area contributed by atoms with E-state index < -0.39 is 5.24 Å². The van der Waals surface area contributed by atoms with E-state index in [1.807, 2.05) is 27.7 Å². The SMILES string of the molecule is Cc1n[nH]c(C(=O)Cl)c1C(C)(C)C. The molecule has 0 spiro atoms. The topological polar surface area (TPSA) is 45.8 Å². The molecule has 0 saturated carbocycles. The molecule has 1 heterocycles. The number of hydrogen-bond donors (Lipinski definition) is 1. The lowest BCUT2D eigenvalue weighted by Gasteiger charge is -2.18. The molecule has 3 nitrogen and oxygen atoms in total. The highest BCUT2D eigenvalue weighted by Gasteiger charge is 2.25. The summed E-state index contributed by atoms with van der Waals surface area (Å²) in [5.74, 6) is 0. The minimum absolute atomic E-state index is 0.114. The normalized spacial score (nSPS) is 11.8. The van der Waals surface area contributed by atoms with Crippen molar-refractivity contribution >= 4 is 16.8 Å². The minimum Gasteiger partial charge on any atom is -0.274 e. The van der Waals surface area contributed by atoms with Crippen LogP contribution in [0.5, 0.6) is 0 Å². The van der Waals surface area contributed by atoms with E-state index in [0.29, 0.717) is 5.69 Å². The number of halogens is 1. The van der Waals surface area contributed by atoms with E-state index in [1.165, 1.54) is 0 Å². The number of aryl methyl sites for hydroxylation is 1. The Balaban J connectivity index is 3.33. The van der Waals surface area contributed by atoms with Gasteiger partial charge in [0.15, 0.2) is 0 Å². The van der Waals surface area contributed by atoms with E-state index in [0.717, 1.165) is 11.3 Å². The van der Waals surface area contributed by atoms with Crippen molar-refractivity contribution in [2.75, 3.05) is 0 Å². The van der Waals surface area contributed by atoms with Gasteiger partial charge in [-0.15, -0.1) is 0 Å². The largest absolute Gasteiger partial charge is 0.274 e. The van der Waals surface area contributed by atoms with Gasteiger partial charge >= 0.3 is 0 Å². The smallest absolute Gasteiger partial charge is 0.270 e. The van der Waals surface area contributed by atoms with Crippen molar-refractivity contribution in [1.29, 1.82) is 0 Å². The Labute approximate surface area is 82.5 Å². The minimum atomic E-state index is -0.481. The first-order chi connectivity index (χ1) is 5.84. The van der Waals surface area contributed by atoms with Gasteiger partial charge < -0.3 is 0 Å². The van der Waals surface area contributed by atoms with Crippen LogP contribution in [0.15, 0.2) is 0 Å². The molecular weight excluding hydrogens is 188 g/mol. The molecule has 4 heteroatoms. The van der Waals surface area contributed by atoms with Crippen LogP contribution in [0.4, 0.5) is 0 Å². The molecule has 0 bridgehead atoms. The van der Waals surface area contributed by atoms with Crippen molar-refractivity contribution in [2.45, 2.75) is 33.1 Å². The van der Waals surface area contributed by atoms with Crippen LogP contribution in [0.2, 0.25) is 0 Å². The third-order valence-electron chi connectivity index (χ3n) is 1.89. The third-order valence-corrected chi connectivity index (χ3v) is 2.08. The number of carbonyl (C=O) groups is 1. The van der Waals surface area contributed by atoms with Gasteiger partial charge in [0.2, 0.25) is 0 Å². The number of H-pyrrole nitrogens is 1. The van der Waals surface area contributed by atoms with Crippen molar-refractivity contribution in [3.8, 4) is 0 Å². The second kappa shape index (κ2) is 3.14. The lowest BCUT2D eigenvalue weighted by molar-refractivity contribution is 0.107. The summed E-state index contributed by atoms with van der Waals surface area (Å²) >= 11 is 5.42. The molecule has 72 valence electrons. The Morgan fingerprint density at radius 3 is 2.31 bits per heavy atom. The quantitative estimate of drug-likeness (QED) is 0.708. The summed E-state index contributed by atoms with van der Waals surface area (Å²) in [6.07, 6.45) is 0. The Hall–Kier alpha value is -0.830. The number of aromatic nitrogens is 2. The molecule has 1 aromatic rings. The predicted molar refractivity (Wildman–Crippen MR) is 52.2 cm³/mol. The van der Waals surface area contributed by atoms with E-state index >= 15 is 0 Å². The van der Waals surface area contributed by atoms with Gasteiger partial charge in [0, 0.05) is 5.56 Å². The van der Waals surface area contributed by atoms with E-state index in [-0.39, 0.29) is 5.41 Å². The van der Waals surface area contributed by atoms with Crippen molar-refractivity contribution in [3.05, 3.63) is 17.0 Å². The van der Waals surface area contributed by atoms with Crippen molar-refractivity contribution in [2.24, 2.45) is 0 Å². The number of carbonyl (C=O) groups excluding carboxylic acids is 1. The van der Waals surface area contributed by atoms with Crippen LogP contribution in [0, 0.1) is 6.92 Å². The molecule has 0 aliphatic rings. The van der Waals surface area contributed by atoms with Gasteiger partial charge in [-0.3, -0.25) is 9.89 Å². The summed E-state index contributed by atoms with van der Waals surface area (Å²) in [6.45, 7) is 7.93. The second-order valence-electron chi connectivity index (χ2n) is 4.08. The zero-order chi connectivity index (χ0) is 10.2. The first-order valence-corrected chi connectivity index (χ1v) is 4.47. The highest BCUT2D eigenvalue weighted by Crippen LogP contribution is 2.28. The zero-order valence-electron chi connectivity index (χ0n) is 8.23. The van der Waals surface area contributed by atoms with Crippen LogP contribution in [-0.4, -0.2) is 15.4 Å². The highest BCUT2D eigenvalue weighted by molar-refractivity contribution is 6.67. The summed E-state index contributed by atoms with van der Waals surface area (Å²) in [5, 5.41) is 6.14. The summed E-state index contributed by atoms with van der Waals surface area (Å²) in [5.41, 5.74) is 2.02. The maximum absolute atomic E-state index is 11.0. The fraction of sp³-hybridized carbons (Fsp3) is 0.556. The lowest BCUT2D eigenvalue weighted by Crippen LogP contribution is -2.15. The second-order valence-corrected chi connectivity index (χ2v) is 4.43. The van der Waals surface area contributed by atoms with Crippen molar-refractivity contribution < 1.29 is 4.79 Å². The maximum Gasteiger partial charge on any atom is 0.270 e. The van der Waals surface area contributed by atoms with Crippen LogP contribution < -0.4 is 0 Å². The Morgan fingerprint density at radius 2 is 2.00 bits per heavy atom. The highest BCUT2D eigenvalue weighted by atomic mass is 35.5. The Bertz CT molecular complexity index is 336. The molecule has 0 unspecified atom stereocenters. The zero-order valence-corrected chi connectivity index (χ0v) is 8.99. The van der Waals surface area contributed by atoms with Crippen LogP contribution in [0.1, 0.15) is 42.5 Å².